The molecule has 0 bridgehead atoms. The first-order valence-electron chi connectivity index (χ1n) is 6.75. The molecule has 2 heterocycles. The highest BCUT2D eigenvalue weighted by atomic mass is 19.1. The summed E-state index contributed by atoms with van der Waals surface area (Å²) in [6.07, 6.45) is 2.27. The van der Waals surface area contributed by atoms with Gasteiger partial charge in [-0.3, -0.25) is 9.78 Å². The predicted molar refractivity (Wildman–Crippen MR) is 72.5 cm³/mol. The summed E-state index contributed by atoms with van der Waals surface area (Å²) in [6, 6.07) is 2.74. The minimum Gasteiger partial charge on any atom is -0.302 e. The Balaban J connectivity index is 1.95. The van der Waals surface area contributed by atoms with Crippen LogP contribution in [0.5, 0.6) is 0 Å². The van der Waals surface area contributed by atoms with E-state index in [4.69, 9.17) is 0 Å². The van der Waals surface area contributed by atoms with Crippen LogP contribution in [0, 0.1) is 17.2 Å². The fraction of sp³-hybridized carbons (Fsp3) is 0.600. The number of Topliss-reactive ketones (excluding diaryl/α,β-unsaturated/α-hetero) is 1. The van der Waals surface area contributed by atoms with Crippen LogP contribution in [-0.4, -0.2) is 35.3 Å². The number of carbonyl (C=O) groups is 1. The van der Waals surface area contributed by atoms with Gasteiger partial charge in [0.15, 0.2) is 5.78 Å². The number of likely N-dealkylation sites (tertiary alicyclic amines) is 1. The number of aromatic nitrogens is 1. The zero-order valence-corrected chi connectivity index (χ0v) is 11.8. The number of ketones is 1. The number of carbonyl (C=O) groups excluding carboxylic acids is 1. The molecule has 1 aromatic rings. The first kappa shape index (κ1) is 14.1. The van der Waals surface area contributed by atoms with E-state index < -0.39 is 5.82 Å². The summed E-state index contributed by atoms with van der Waals surface area (Å²) in [5.74, 6) is -0.526. The topological polar surface area (TPSA) is 33.2 Å². The van der Waals surface area contributed by atoms with Crippen molar-refractivity contribution < 1.29 is 9.18 Å². The van der Waals surface area contributed by atoms with Crippen molar-refractivity contribution in [2.75, 3.05) is 19.6 Å². The molecule has 0 N–H and O–H groups in total. The molecular formula is C15H21FN2O. The number of hydrogen-bond donors (Lipinski definition) is 0. The van der Waals surface area contributed by atoms with Gasteiger partial charge in [0, 0.05) is 19.0 Å². The molecule has 0 aliphatic carbocycles. The molecule has 104 valence electrons. The van der Waals surface area contributed by atoms with Gasteiger partial charge in [-0.2, -0.15) is 0 Å². The Morgan fingerprint density at radius 2 is 2.26 bits per heavy atom. The molecule has 1 saturated heterocycles. The molecule has 1 atom stereocenters. The number of pyridine rings is 1. The smallest absolute Gasteiger partial charge is 0.185 e. The third kappa shape index (κ3) is 3.60. The molecule has 0 saturated carbocycles. The Morgan fingerprint density at radius 1 is 1.53 bits per heavy atom. The average Bonchev–Trinajstić information content (AvgIpc) is 2.68. The maximum Gasteiger partial charge on any atom is 0.185 e. The van der Waals surface area contributed by atoms with Crippen molar-refractivity contribution in [3.63, 3.8) is 0 Å². The Kier molecular flexibility index (Phi) is 3.99. The second-order valence-corrected chi connectivity index (χ2v) is 6.28. The van der Waals surface area contributed by atoms with Crippen LogP contribution in [0.3, 0.4) is 0 Å². The molecule has 3 nitrogen and oxygen atoms in total. The lowest BCUT2D eigenvalue weighted by molar-refractivity contribution is 0.0894. The van der Waals surface area contributed by atoms with Crippen LogP contribution in [0.1, 0.15) is 37.7 Å². The fourth-order valence-electron chi connectivity index (χ4n) is 2.62. The van der Waals surface area contributed by atoms with Crippen LogP contribution in [0.4, 0.5) is 4.39 Å². The van der Waals surface area contributed by atoms with Crippen LogP contribution in [-0.2, 0) is 0 Å². The van der Waals surface area contributed by atoms with Crippen molar-refractivity contribution in [2.45, 2.75) is 27.2 Å². The van der Waals surface area contributed by atoms with Crippen LogP contribution in [0.2, 0.25) is 0 Å². The zero-order valence-electron chi connectivity index (χ0n) is 11.8. The molecule has 1 fully saturated rings. The van der Waals surface area contributed by atoms with Gasteiger partial charge in [0.05, 0.1) is 6.20 Å². The number of hydrogen-bond acceptors (Lipinski definition) is 3. The van der Waals surface area contributed by atoms with Gasteiger partial charge < -0.3 is 4.90 Å². The third-order valence-electron chi connectivity index (χ3n) is 3.72. The largest absolute Gasteiger partial charge is 0.302 e. The maximum absolute atomic E-state index is 12.8. The van der Waals surface area contributed by atoms with E-state index in [9.17, 15) is 9.18 Å². The highest BCUT2D eigenvalue weighted by Gasteiger charge is 2.31. The van der Waals surface area contributed by atoms with Gasteiger partial charge >= 0.3 is 0 Å². The Labute approximate surface area is 113 Å². The first-order valence-corrected chi connectivity index (χ1v) is 6.75. The van der Waals surface area contributed by atoms with E-state index in [0.717, 1.165) is 25.8 Å². The van der Waals surface area contributed by atoms with E-state index >= 15 is 0 Å². The summed E-state index contributed by atoms with van der Waals surface area (Å²) in [4.78, 5) is 18.4. The molecule has 1 aliphatic rings. The lowest BCUT2D eigenvalue weighted by atomic mass is 9.93. The van der Waals surface area contributed by atoms with E-state index in [1.54, 1.807) is 0 Å². The SMILES string of the molecule is CC(CN1CCC(C)(C)C1)C(=O)c1ccc(F)cn1. The van der Waals surface area contributed by atoms with Crippen molar-refractivity contribution >= 4 is 5.78 Å². The molecule has 1 aromatic heterocycles. The molecule has 2 rings (SSSR count). The molecule has 0 spiro atoms. The molecule has 1 unspecified atom stereocenters. The first-order chi connectivity index (χ1) is 8.87. The summed E-state index contributed by atoms with van der Waals surface area (Å²) in [5.41, 5.74) is 0.698. The highest BCUT2D eigenvalue weighted by Crippen LogP contribution is 2.29. The molecule has 1 aliphatic heterocycles. The van der Waals surface area contributed by atoms with E-state index in [1.165, 1.54) is 18.6 Å². The van der Waals surface area contributed by atoms with Crippen LogP contribution in [0.15, 0.2) is 18.3 Å². The second-order valence-electron chi connectivity index (χ2n) is 6.28. The molecular weight excluding hydrogens is 243 g/mol. The predicted octanol–water partition coefficient (Wildman–Crippen LogP) is 2.77. The molecule has 0 radical (unpaired) electrons. The van der Waals surface area contributed by atoms with Crippen molar-refractivity contribution in [3.05, 3.63) is 29.8 Å². The summed E-state index contributed by atoms with van der Waals surface area (Å²) in [7, 11) is 0. The van der Waals surface area contributed by atoms with Gasteiger partial charge in [-0.05, 0) is 30.5 Å². The average molecular weight is 264 g/mol. The Morgan fingerprint density at radius 3 is 2.79 bits per heavy atom. The quantitative estimate of drug-likeness (QED) is 0.784. The van der Waals surface area contributed by atoms with Gasteiger partial charge in [0.2, 0.25) is 0 Å². The monoisotopic (exact) mass is 264 g/mol. The standard InChI is InChI=1S/C15H21FN2O/c1-11(9-18-7-6-15(2,3)10-18)14(19)13-5-4-12(16)8-17-13/h4-5,8,11H,6-7,9-10H2,1-3H3. The van der Waals surface area contributed by atoms with Gasteiger partial charge in [-0.15, -0.1) is 0 Å². The fourth-order valence-corrected chi connectivity index (χ4v) is 2.62. The highest BCUT2D eigenvalue weighted by molar-refractivity contribution is 5.95. The lowest BCUT2D eigenvalue weighted by Gasteiger charge is -2.22. The van der Waals surface area contributed by atoms with Crippen LogP contribution < -0.4 is 0 Å². The van der Waals surface area contributed by atoms with E-state index in [2.05, 4.69) is 23.7 Å². The third-order valence-corrected chi connectivity index (χ3v) is 3.72. The van der Waals surface area contributed by atoms with Crippen molar-refractivity contribution in [2.24, 2.45) is 11.3 Å². The lowest BCUT2D eigenvalue weighted by Crippen LogP contribution is -2.31. The Bertz CT molecular complexity index is 456. The summed E-state index contributed by atoms with van der Waals surface area (Å²) < 4.78 is 12.8. The summed E-state index contributed by atoms with van der Waals surface area (Å²) >= 11 is 0. The summed E-state index contributed by atoms with van der Waals surface area (Å²) in [5, 5.41) is 0. The van der Waals surface area contributed by atoms with Gasteiger partial charge in [-0.25, -0.2) is 4.39 Å². The van der Waals surface area contributed by atoms with E-state index in [0.29, 0.717) is 11.1 Å². The van der Waals surface area contributed by atoms with E-state index in [1.807, 2.05) is 6.92 Å². The minimum atomic E-state index is -0.412. The van der Waals surface area contributed by atoms with Crippen LogP contribution >= 0.6 is 0 Å². The van der Waals surface area contributed by atoms with Crippen molar-refractivity contribution in [1.29, 1.82) is 0 Å². The van der Waals surface area contributed by atoms with E-state index in [-0.39, 0.29) is 11.7 Å². The maximum atomic E-state index is 12.8. The number of rotatable bonds is 4. The Hall–Kier alpha value is -1.29. The summed E-state index contributed by atoms with van der Waals surface area (Å²) in [6.45, 7) is 9.24. The van der Waals surface area contributed by atoms with Gasteiger partial charge in [-0.1, -0.05) is 20.8 Å². The van der Waals surface area contributed by atoms with Crippen molar-refractivity contribution in [1.82, 2.24) is 9.88 Å². The van der Waals surface area contributed by atoms with Crippen LogP contribution in [0.25, 0.3) is 0 Å². The molecule has 19 heavy (non-hydrogen) atoms. The van der Waals surface area contributed by atoms with Crippen molar-refractivity contribution in [3.8, 4) is 0 Å². The number of nitrogens with zero attached hydrogens (tertiary/aromatic N) is 2. The van der Waals surface area contributed by atoms with Gasteiger partial charge in [0.1, 0.15) is 11.5 Å². The number of halogens is 1. The minimum absolute atomic E-state index is 0.00953. The molecule has 0 amide bonds. The zero-order chi connectivity index (χ0) is 14.0. The molecule has 0 aromatic carbocycles. The molecule has 4 heteroatoms. The second kappa shape index (κ2) is 5.37. The normalized spacial score (nSPS) is 20.4. The van der Waals surface area contributed by atoms with Gasteiger partial charge in [0.25, 0.3) is 0 Å².